The quantitative estimate of drug-likeness (QED) is 0.838. The summed E-state index contributed by atoms with van der Waals surface area (Å²) in [6, 6.07) is 2.64. The van der Waals surface area contributed by atoms with Crippen LogP contribution in [0.4, 0.5) is 0 Å². The molecule has 1 saturated heterocycles. The van der Waals surface area contributed by atoms with Crippen molar-refractivity contribution in [1.82, 2.24) is 4.90 Å². The maximum Gasteiger partial charge on any atom is 0.0702 e. The lowest BCUT2D eigenvalue weighted by molar-refractivity contribution is -0.0101. The maximum atomic E-state index is 6.37. The lowest BCUT2D eigenvalue weighted by Gasteiger charge is -2.35. The Morgan fingerprint density at radius 3 is 2.90 bits per heavy atom. The van der Waals surface area contributed by atoms with Crippen molar-refractivity contribution in [2.24, 2.45) is 5.73 Å². The Morgan fingerprint density at radius 1 is 1.55 bits per heavy atom. The van der Waals surface area contributed by atoms with Crippen LogP contribution in [-0.4, -0.2) is 37.2 Å². The zero-order valence-corrected chi connectivity index (χ0v) is 14.8. The highest BCUT2D eigenvalue weighted by atomic mass is 79.9. The summed E-state index contributed by atoms with van der Waals surface area (Å²) in [6.07, 6.45) is 5.01. The topological polar surface area (TPSA) is 38.5 Å². The Bertz CT molecular complexity index is 406. The highest BCUT2D eigenvalue weighted by molar-refractivity contribution is 9.10. The first-order valence-electron chi connectivity index (χ1n) is 7.43. The smallest absolute Gasteiger partial charge is 0.0702 e. The van der Waals surface area contributed by atoms with E-state index in [4.69, 9.17) is 10.5 Å². The third-order valence-corrected chi connectivity index (χ3v) is 5.76. The largest absolute Gasteiger partial charge is 0.377 e. The minimum Gasteiger partial charge on any atom is -0.377 e. The van der Waals surface area contributed by atoms with Crippen molar-refractivity contribution in [2.45, 2.75) is 50.8 Å². The molecule has 0 radical (unpaired) electrons. The summed E-state index contributed by atoms with van der Waals surface area (Å²) in [5.41, 5.74) is 6.37. The Hall–Kier alpha value is 0.0600. The van der Waals surface area contributed by atoms with E-state index in [1.165, 1.54) is 24.1 Å². The number of hydrogen-bond donors (Lipinski definition) is 1. The van der Waals surface area contributed by atoms with Crippen LogP contribution in [0.2, 0.25) is 0 Å². The van der Waals surface area contributed by atoms with E-state index in [2.05, 4.69) is 46.2 Å². The molecule has 3 nitrogen and oxygen atoms in total. The van der Waals surface area contributed by atoms with Gasteiger partial charge in [-0.2, -0.15) is 0 Å². The minimum atomic E-state index is 0.161. The minimum absolute atomic E-state index is 0.161. The van der Waals surface area contributed by atoms with Crippen LogP contribution >= 0.6 is 27.3 Å². The van der Waals surface area contributed by atoms with E-state index in [0.717, 1.165) is 24.0 Å². The van der Waals surface area contributed by atoms with Gasteiger partial charge in [0.05, 0.1) is 12.1 Å². The molecular weight excluding hydrogens is 336 g/mol. The van der Waals surface area contributed by atoms with Gasteiger partial charge in [-0.25, -0.2) is 0 Å². The van der Waals surface area contributed by atoms with Crippen LogP contribution in [0.1, 0.15) is 43.5 Å². The van der Waals surface area contributed by atoms with Crippen LogP contribution in [0.3, 0.4) is 0 Å². The molecule has 0 saturated carbocycles. The van der Waals surface area contributed by atoms with Crippen molar-refractivity contribution in [3.8, 4) is 0 Å². The molecule has 1 aromatic rings. The highest BCUT2D eigenvalue weighted by Gasteiger charge is 2.27. The second-order valence-electron chi connectivity index (χ2n) is 5.61. The molecule has 0 amide bonds. The van der Waals surface area contributed by atoms with Crippen molar-refractivity contribution in [3.63, 3.8) is 0 Å². The third-order valence-electron chi connectivity index (χ3n) is 4.00. The van der Waals surface area contributed by atoms with Gasteiger partial charge in [0.2, 0.25) is 0 Å². The molecule has 0 spiro atoms. The Kier molecular flexibility index (Phi) is 6.49. The van der Waals surface area contributed by atoms with E-state index in [1.807, 2.05) is 0 Å². The second-order valence-corrected chi connectivity index (χ2v) is 7.47. The summed E-state index contributed by atoms with van der Waals surface area (Å²) in [5, 5.41) is 2.13. The van der Waals surface area contributed by atoms with Gasteiger partial charge < -0.3 is 10.5 Å². The van der Waals surface area contributed by atoms with E-state index in [0.29, 0.717) is 6.10 Å². The van der Waals surface area contributed by atoms with Crippen molar-refractivity contribution in [1.29, 1.82) is 0 Å². The van der Waals surface area contributed by atoms with E-state index in [-0.39, 0.29) is 12.1 Å². The van der Waals surface area contributed by atoms with Crippen LogP contribution < -0.4 is 5.73 Å². The summed E-state index contributed by atoms with van der Waals surface area (Å²) in [4.78, 5) is 3.71. The van der Waals surface area contributed by atoms with Crippen molar-refractivity contribution < 1.29 is 4.74 Å². The van der Waals surface area contributed by atoms with Crippen molar-refractivity contribution in [3.05, 3.63) is 20.8 Å². The van der Waals surface area contributed by atoms with Gasteiger partial charge in [-0.3, -0.25) is 4.90 Å². The molecule has 1 fully saturated rings. The summed E-state index contributed by atoms with van der Waals surface area (Å²) < 4.78 is 7.01. The van der Waals surface area contributed by atoms with Crippen molar-refractivity contribution >= 4 is 27.3 Å². The fourth-order valence-electron chi connectivity index (χ4n) is 2.85. The van der Waals surface area contributed by atoms with Gasteiger partial charge in [-0.05, 0) is 54.7 Å². The Labute approximate surface area is 134 Å². The summed E-state index contributed by atoms with van der Waals surface area (Å²) in [6.45, 7) is 4.03. The van der Waals surface area contributed by atoms with Crippen molar-refractivity contribution in [2.75, 3.05) is 20.2 Å². The zero-order chi connectivity index (χ0) is 14.5. The molecule has 3 unspecified atom stereocenters. The first kappa shape index (κ1) is 16.4. The van der Waals surface area contributed by atoms with Gasteiger partial charge in [0.25, 0.3) is 0 Å². The molecule has 3 atom stereocenters. The van der Waals surface area contributed by atoms with Gasteiger partial charge in [0.1, 0.15) is 0 Å². The first-order chi connectivity index (χ1) is 9.61. The number of hydrogen-bond acceptors (Lipinski definition) is 4. The van der Waals surface area contributed by atoms with Gasteiger partial charge in [0.15, 0.2) is 0 Å². The number of nitrogens with two attached hydrogens (primary N) is 1. The maximum absolute atomic E-state index is 6.37. The molecule has 5 heteroatoms. The van der Waals surface area contributed by atoms with Crippen LogP contribution in [-0.2, 0) is 4.74 Å². The number of thiophene rings is 1. The molecule has 2 rings (SSSR count). The predicted molar refractivity (Wildman–Crippen MR) is 89.2 cm³/mol. The first-order valence-corrected chi connectivity index (χ1v) is 9.10. The van der Waals surface area contributed by atoms with Crippen LogP contribution in [0.5, 0.6) is 0 Å². The number of halogens is 1. The average molecular weight is 361 g/mol. The molecule has 2 heterocycles. The van der Waals surface area contributed by atoms with E-state index >= 15 is 0 Å². The van der Waals surface area contributed by atoms with Gasteiger partial charge in [0, 0.05) is 33.9 Å². The zero-order valence-electron chi connectivity index (χ0n) is 12.3. The van der Waals surface area contributed by atoms with E-state index < -0.39 is 0 Å². The Balaban J connectivity index is 2.05. The molecule has 0 bridgehead atoms. The molecule has 114 valence electrons. The molecular formula is C15H25BrN2OS. The fraction of sp³-hybridized carbons (Fsp3) is 0.733. The number of likely N-dealkylation sites (N-methyl/N-ethyl adjacent to an activating group) is 1. The molecule has 1 aromatic heterocycles. The SMILES string of the molecule is CCC(N)C(c1cc(Br)cs1)N(C)CC1CCCCO1. The van der Waals surface area contributed by atoms with Crippen LogP contribution in [0.25, 0.3) is 0 Å². The van der Waals surface area contributed by atoms with Crippen LogP contribution in [0.15, 0.2) is 15.9 Å². The second kappa shape index (κ2) is 7.90. The van der Waals surface area contributed by atoms with Gasteiger partial charge in [-0.1, -0.05) is 6.92 Å². The Morgan fingerprint density at radius 2 is 2.35 bits per heavy atom. The molecule has 0 aromatic carbocycles. The van der Waals surface area contributed by atoms with E-state index in [1.54, 1.807) is 11.3 Å². The summed E-state index contributed by atoms with van der Waals surface area (Å²) in [5.74, 6) is 0. The molecule has 1 aliphatic heterocycles. The van der Waals surface area contributed by atoms with E-state index in [9.17, 15) is 0 Å². The predicted octanol–water partition coefficient (Wildman–Crippen LogP) is 3.79. The lowest BCUT2D eigenvalue weighted by atomic mass is 10.0. The molecule has 1 aliphatic rings. The van der Waals surface area contributed by atoms with Gasteiger partial charge >= 0.3 is 0 Å². The average Bonchev–Trinajstić information content (AvgIpc) is 2.86. The summed E-state index contributed by atoms with van der Waals surface area (Å²) >= 11 is 5.33. The number of nitrogens with zero attached hydrogens (tertiary/aromatic N) is 1. The monoisotopic (exact) mass is 360 g/mol. The molecule has 0 aliphatic carbocycles. The number of rotatable bonds is 6. The number of ether oxygens (including phenoxy) is 1. The summed E-state index contributed by atoms with van der Waals surface area (Å²) in [7, 11) is 2.17. The third kappa shape index (κ3) is 4.28. The fourth-order valence-corrected chi connectivity index (χ4v) is 4.53. The molecule has 2 N–H and O–H groups in total. The lowest BCUT2D eigenvalue weighted by Crippen LogP contribution is -2.42. The normalized spacial score (nSPS) is 22.9. The van der Waals surface area contributed by atoms with Crippen LogP contribution in [0, 0.1) is 0 Å². The highest BCUT2D eigenvalue weighted by Crippen LogP contribution is 2.32. The van der Waals surface area contributed by atoms with Gasteiger partial charge in [-0.15, -0.1) is 11.3 Å². The molecule has 20 heavy (non-hydrogen) atoms. The standard InChI is InChI=1S/C15H25BrN2OS/c1-3-13(17)15(14-8-11(16)10-20-14)18(2)9-12-6-4-5-7-19-12/h8,10,12-13,15H,3-7,9,17H2,1-2H3.